The van der Waals surface area contributed by atoms with E-state index in [1.807, 2.05) is 44.2 Å². The lowest BCUT2D eigenvalue weighted by molar-refractivity contribution is -0.113. The zero-order valence-electron chi connectivity index (χ0n) is 17.9. The number of thioether (sulfide) groups is 1. The summed E-state index contributed by atoms with van der Waals surface area (Å²) in [5, 5.41) is 3.68. The summed E-state index contributed by atoms with van der Waals surface area (Å²) in [6.07, 6.45) is 7.35. The molecule has 1 aliphatic carbocycles. The SMILES string of the molecule is Cc1cccc(NC(=O)CSc2nc(=O)n(Cc3ccncc3)c3c2CCCC3)c1C. The Morgan fingerprint density at radius 1 is 1.13 bits per heavy atom. The summed E-state index contributed by atoms with van der Waals surface area (Å²) in [6.45, 7) is 4.52. The molecule has 1 amide bonds. The predicted octanol–water partition coefficient (Wildman–Crippen LogP) is 3.91. The van der Waals surface area contributed by atoms with E-state index < -0.39 is 0 Å². The maximum absolute atomic E-state index is 12.9. The van der Waals surface area contributed by atoms with E-state index in [4.69, 9.17) is 0 Å². The number of hydrogen-bond acceptors (Lipinski definition) is 5. The van der Waals surface area contributed by atoms with E-state index >= 15 is 0 Å². The average Bonchev–Trinajstić information content (AvgIpc) is 2.78. The first kappa shape index (κ1) is 21.3. The van der Waals surface area contributed by atoms with Crippen LogP contribution in [0.4, 0.5) is 5.69 Å². The van der Waals surface area contributed by atoms with Crippen molar-refractivity contribution in [1.82, 2.24) is 14.5 Å². The van der Waals surface area contributed by atoms with Crippen LogP contribution in [0.1, 0.15) is 40.8 Å². The highest BCUT2D eigenvalue weighted by Crippen LogP contribution is 2.29. The molecule has 1 aromatic carbocycles. The van der Waals surface area contributed by atoms with Gasteiger partial charge >= 0.3 is 5.69 Å². The summed E-state index contributed by atoms with van der Waals surface area (Å²) in [5.41, 5.74) is 5.97. The zero-order valence-corrected chi connectivity index (χ0v) is 18.7. The Labute approximate surface area is 186 Å². The molecular formula is C24H26N4O2S. The van der Waals surface area contributed by atoms with Crippen LogP contribution in [0.3, 0.4) is 0 Å². The lowest BCUT2D eigenvalue weighted by Crippen LogP contribution is -2.30. The molecular weight excluding hydrogens is 408 g/mol. The number of aryl methyl sites for hydroxylation is 1. The molecule has 1 aliphatic rings. The molecule has 3 aromatic rings. The van der Waals surface area contributed by atoms with Gasteiger partial charge in [-0.25, -0.2) is 4.79 Å². The summed E-state index contributed by atoms with van der Waals surface area (Å²) in [5.74, 6) is 0.131. The molecule has 4 rings (SSSR count). The maximum Gasteiger partial charge on any atom is 0.349 e. The first-order valence-corrected chi connectivity index (χ1v) is 11.5. The Kier molecular flexibility index (Phi) is 6.51. The van der Waals surface area contributed by atoms with Gasteiger partial charge in [0.1, 0.15) is 5.03 Å². The second-order valence-corrected chi connectivity index (χ2v) is 8.82. The van der Waals surface area contributed by atoms with Crippen molar-refractivity contribution in [2.45, 2.75) is 51.1 Å². The molecule has 0 atom stereocenters. The lowest BCUT2D eigenvalue weighted by Gasteiger charge is -2.22. The van der Waals surface area contributed by atoms with Gasteiger partial charge in [-0.3, -0.25) is 14.3 Å². The quantitative estimate of drug-likeness (QED) is 0.470. The van der Waals surface area contributed by atoms with Crippen LogP contribution in [0.5, 0.6) is 0 Å². The van der Waals surface area contributed by atoms with Gasteiger partial charge in [-0.2, -0.15) is 4.98 Å². The van der Waals surface area contributed by atoms with E-state index in [0.717, 1.165) is 59.3 Å². The van der Waals surface area contributed by atoms with E-state index in [-0.39, 0.29) is 17.3 Å². The summed E-state index contributed by atoms with van der Waals surface area (Å²) in [6, 6.07) is 9.71. The number of aromatic nitrogens is 3. The Morgan fingerprint density at radius 2 is 1.90 bits per heavy atom. The van der Waals surface area contributed by atoms with Gasteiger partial charge in [0.25, 0.3) is 0 Å². The van der Waals surface area contributed by atoms with E-state index in [2.05, 4.69) is 15.3 Å². The molecule has 0 saturated carbocycles. The Morgan fingerprint density at radius 3 is 2.71 bits per heavy atom. The monoisotopic (exact) mass is 434 g/mol. The Hall–Kier alpha value is -2.93. The maximum atomic E-state index is 12.9. The number of hydrogen-bond donors (Lipinski definition) is 1. The lowest BCUT2D eigenvalue weighted by atomic mass is 9.97. The van der Waals surface area contributed by atoms with Crippen molar-refractivity contribution < 1.29 is 4.79 Å². The van der Waals surface area contributed by atoms with Crippen molar-refractivity contribution in [3.8, 4) is 0 Å². The number of benzene rings is 1. The number of rotatable bonds is 6. The van der Waals surface area contributed by atoms with Crippen molar-refractivity contribution in [3.05, 3.63) is 81.2 Å². The molecule has 0 spiro atoms. The molecule has 31 heavy (non-hydrogen) atoms. The number of anilines is 1. The highest BCUT2D eigenvalue weighted by Gasteiger charge is 2.21. The van der Waals surface area contributed by atoms with Crippen LogP contribution in [0.15, 0.2) is 52.5 Å². The van der Waals surface area contributed by atoms with Gasteiger partial charge in [0.15, 0.2) is 0 Å². The van der Waals surface area contributed by atoms with Crippen molar-refractivity contribution in [3.63, 3.8) is 0 Å². The average molecular weight is 435 g/mol. The largest absolute Gasteiger partial charge is 0.349 e. The highest BCUT2D eigenvalue weighted by molar-refractivity contribution is 8.00. The minimum Gasteiger partial charge on any atom is -0.325 e. The van der Waals surface area contributed by atoms with Gasteiger partial charge in [0.05, 0.1) is 12.3 Å². The van der Waals surface area contributed by atoms with Crippen LogP contribution < -0.4 is 11.0 Å². The molecule has 2 heterocycles. The summed E-state index contributed by atoms with van der Waals surface area (Å²) < 4.78 is 1.78. The molecule has 0 bridgehead atoms. The summed E-state index contributed by atoms with van der Waals surface area (Å²) >= 11 is 1.36. The molecule has 0 fully saturated rings. The van der Waals surface area contributed by atoms with Crippen LogP contribution >= 0.6 is 11.8 Å². The smallest absolute Gasteiger partial charge is 0.325 e. The van der Waals surface area contributed by atoms with Gasteiger partial charge in [0, 0.05) is 29.3 Å². The minimum atomic E-state index is -0.255. The second kappa shape index (κ2) is 9.47. The van der Waals surface area contributed by atoms with Crippen molar-refractivity contribution in [1.29, 1.82) is 0 Å². The fraction of sp³-hybridized carbons (Fsp3) is 0.333. The predicted molar refractivity (Wildman–Crippen MR) is 124 cm³/mol. The second-order valence-electron chi connectivity index (χ2n) is 7.86. The third kappa shape index (κ3) is 4.88. The Balaban J connectivity index is 1.53. The van der Waals surface area contributed by atoms with Gasteiger partial charge in [-0.15, -0.1) is 0 Å². The number of nitrogens with zero attached hydrogens (tertiary/aromatic N) is 3. The number of fused-ring (bicyclic) bond motifs is 1. The van der Waals surface area contributed by atoms with Gasteiger partial charge in [0.2, 0.25) is 5.91 Å². The normalized spacial score (nSPS) is 13.0. The van der Waals surface area contributed by atoms with Crippen molar-refractivity contribution in [2.24, 2.45) is 0 Å². The first-order valence-electron chi connectivity index (χ1n) is 10.5. The van der Waals surface area contributed by atoms with Crippen LogP contribution in [0.2, 0.25) is 0 Å². The van der Waals surface area contributed by atoms with E-state index in [9.17, 15) is 9.59 Å². The van der Waals surface area contributed by atoms with Gasteiger partial charge < -0.3 is 5.32 Å². The summed E-state index contributed by atoms with van der Waals surface area (Å²) in [4.78, 5) is 33.8. The molecule has 0 unspecified atom stereocenters. The number of nitrogens with one attached hydrogen (secondary N) is 1. The molecule has 2 aromatic heterocycles. The molecule has 6 nitrogen and oxygen atoms in total. The molecule has 0 saturated heterocycles. The topological polar surface area (TPSA) is 76.9 Å². The number of amides is 1. The number of carbonyl (C=O) groups excluding carboxylic acids is 1. The third-order valence-electron chi connectivity index (χ3n) is 5.76. The number of pyridine rings is 1. The van der Waals surface area contributed by atoms with Gasteiger partial charge in [-0.1, -0.05) is 23.9 Å². The molecule has 1 N–H and O–H groups in total. The highest BCUT2D eigenvalue weighted by atomic mass is 32.2. The van der Waals surface area contributed by atoms with Crippen molar-refractivity contribution in [2.75, 3.05) is 11.1 Å². The van der Waals surface area contributed by atoms with Gasteiger partial charge in [-0.05, 0) is 74.4 Å². The van der Waals surface area contributed by atoms with Crippen LogP contribution in [-0.2, 0) is 24.2 Å². The summed E-state index contributed by atoms with van der Waals surface area (Å²) in [7, 11) is 0. The fourth-order valence-electron chi connectivity index (χ4n) is 3.91. The van der Waals surface area contributed by atoms with E-state index in [1.165, 1.54) is 11.8 Å². The zero-order chi connectivity index (χ0) is 21.8. The third-order valence-corrected chi connectivity index (χ3v) is 6.78. The first-order chi connectivity index (χ1) is 15.0. The Bertz CT molecular complexity index is 1160. The number of carbonyl (C=O) groups is 1. The van der Waals surface area contributed by atoms with Crippen LogP contribution in [-0.4, -0.2) is 26.2 Å². The molecule has 0 radical (unpaired) electrons. The van der Waals surface area contributed by atoms with E-state index in [0.29, 0.717) is 11.6 Å². The van der Waals surface area contributed by atoms with E-state index in [1.54, 1.807) is 17.0 Å². The molecule has 7 heteroatoms. The minimum absolute atomic E-state index is 0.0916. The molecule has 0 aliphatic heterocycles. The molecule has 160 valence electrons. The standard InChI is InChI=1S/C24H26N4O2S/c1-16-6-5-8-20(17(16)2)26-22(29)15-31-23-19-7-3-4-9-21(19)28(24(30)27-23)14-18-10-12-25-13-11-18/h5-6,8,10-13H,3-4,7,9,14-15H2,1-2H3,(H,26,29). The van der Waals surface area contributed by atoms with Crippen molar-refractivity contribution >= 4 is 23.4 Å². The van der Waals surface area contributed by atoms with Crippen LogP contribution in [0, 0.1) is 13.8 Å². The fourth-order valence-corrected chi connectivity index (χ4v) is 4.78. The van der Waals surface area contributed by atoms with Crippen LogP contribution in [0.25, 0.3) is 0 Å².